The second-order valence-corrected chi connectivity index (χ2v) is 5.19. The molecule has 0 saturated carbocycles. The van der Waals surface area contributed by atoms with Gasteiger partial charge in [0.05, 0.1) is 12.7 Å². The largest absolute Gasteiger partial charge is 0.465 e. The number of carbonyl (C=O) groups is 1. The number of esters is 1. The van der Waals surface area contributed by atoms with Gasteiger partial charge in [-0.25, -0.2) is 0 Å². The Hall–Kier alpha value is -0.820. The summed E-state index contributed by atoms with van der Waals surface area (Å²) >= 11 is 0. The van der Waals surface area contributed by atoms with E-state index in [0.717, 1.165) is 0 Å². The van der Waals surface area contributed by atoms with Gasteiger partial charge in [-0.15, -0.1) is 0 Å². The zero-order chi connectivity index (χ0) is 16.5. The average molecular weight is 313 g/mol. The summed E-state index contributed by atoms with van der Waals surface area (Å²) in [5.41, 5.74) is -0.895. The van der Waals surface area contributed by atoms with Crippen LogP contribution in [0.25, 0.3) is 0 Å². The number of ether oxygens (including phenoxy) is 2. The van der Waals surface area contributed by atoms with Gasteiger partial charge in [-0.1, -0.05) is 6.92 Å². The molecule has 0 aromatic heterocycles. The SMILES string of the molecule is CCNC(C)(CC(C)OCCCC(F)(F)F)C(=O)OCC. The predicted molar refractivity (Wildman–Crippen MR) is 74.0 cm³/mol. The lowest BCUT2D eigenvalue weighted by atomic mass is 9.94. The molecule has 2 unspecified atom stereocenters. The van der Waals surface area contributed by atoms with Gasteiger partial charge in [0.1, 0.15) is 5.54 Å². The van der Waals surface area contributed by atoms with Gasteiger partial charge in [-0.2, -0.15) is 13.2 Å². The third-order valence-corrected chi connectivity index (χ3v) is 3.00. The number of rotatable bonds is 10. The number of carbonyl (C=O) groups excluding carboxylic acids is 1. The minimum absolute atomic E-state index is 0.0196. The van der Waals surface area contributed by atoms with Crippen molar-refractivity contribution in [2.45, 2.75) is 64.8 Å². The van der Waals surface area contributed by atoms with Crippen LogP contribution in [0.2, 0.25) is 0 Å². The van der Waals surface area contributed by atoms with Crippen LogP contribution in [0.15, 0.2) is 0 Å². The second kappa shape index (κ2) is 9.25. The number of likely N-dealkylation sites (N-methyl/N-ethyl adjacent to an activating group) is 1. The van der Waals surface area contributed by atoms with Gasteiger partial charge in [0.25, 0.3) is 0 Å². The van der Waals surface area contributed by atoms with Crippen molar-refractivity contribution in [2.75, 3.05) is 19.8 Å². The molecule has 0 aliphatic carbocycles. The Morgan fingerprint density at radius 1 is 1.29 bits per heavy atom. The fourth-order valence-electron chi connectivity index (χ4n) is 2.10. The molecule has 4 nitrogen and oxygen atoms in total. The highest BCUT2D eigenvalue weighted by molar-refractivity contribution is 5.80. The molecule has 0 radical (unpaired) electrons. The van der Waals surface area contributed by atoms with E-state index in [9.17, 15) is 18.0 Å². The van der Waals surface area contributed by atoms with Crippen LogP contribution in [0.4, 0.5) is 13.2 Å². The quantitative estimate of drug-likeness (QED) is 0.497. The summed E-state index contributed by atoms with van der Waals surface area (Å²) in [5, 5.41) is 3.05. The van der Waals surface area contributed by atoms with Crippen molar-refractivity contribution in [2.24, 2.45) is 0 Å². The standard InChI is InChI=1S/C14H26F3NO3/c1-5-18-13(4,12(19)20-6-2)10-11(3)21-9-7-8-14(15,16)17/h11,18H,5-10H2,1-4H3. The van der Waals surface area contributed by atoms with Gasteiger partial charge < -0.3 is 14.8 Å². The summed E-state index contributed by atoms with van der Waals surface area (Å²) in [5.74, 6) is -0.377. The lowest BCUT2D eigenvalue weighted by Gasteiger charge is -2.30. The lowest BCUT2D eigenvalue weighted by molar-refractivity contribution is -0.152. The number of nitrogens with one attached hydrogen (secondary N) is 1. The van der Waals surface area contributed by atoms with Crippen LogP contribution in [-0.2, 0) is 14.3 Å². The summed E-state index contributed by atoms with van der Waals surface area (Å²) in [6.07, 6.45) is -5.10. The van der Waals surface area contributed by atoms with E-state index in [4.69, 9.17) is 9.47 Å². The van der Waals surface area contributed by atoms with Gasteiger partial charge in [0.15, 0.2) is 0 Å². The topological polar surface area (TPSA) is 47.6 Å². The van der Waals surface area contributed by atoms with Gasteiger partial charge in [0.2, 0.25) is 0 Å². The van der Waals surface area contributed by atoms with Gasteiger partial charge in [-0.05, 0) is 33.7 Å². The molecule has 0 heterocycles. The molecule has 0 saturated heterocycles. The molecule has 0 bridgehead atoms. The Labute approximate surface area is 124 Å². The number of hydrogen-bond donors (Lipinski definition) is 1. The molecule has 0 fully saturated rings. The van der Waals surface area contributed by atoms with Crippen molar-refractivity contribution in [3.63, 3.8) is 0 Å². The van der Waals surface area contributed by atoms with E-state index in [1.165, 1.54) is 0 Å². The van der Waals surface area contributed by atoms with Crippen LogP contribution in [-0.4, -0.2) is 43.5 Å². The van der Waals surface area contributed by atoms with Crippen LogP contribution < -0.4 is 5.32 Å². The Kier molecular flexibility index (Phi) is 8.89. The molecule has 1 N–H and O–H groups in total. The van der Waals surface area contributed by atoms with Crippen LogP contribution in [0.3, 0.4) is 0 Å². The number of hydrogen-bond acceptors (Lipinski definition) is 4. The fraction of sp³-hybridized carbons (Fsp3) is 0.929. The Morgan fingerprint density at radius 3 is 2.38 bits per heavy atom. The summed E-state index contributed by atoms with van der Waals surface area (Å²) < 4.78 is 46.4. The third-order valence-electron chi connectivity index (χ3n) is 3.00. The lowest BCUT2D eigenvalue weighted by Crippen LogP contribution is -2.52. The first-order valence-corrected chi connectivity index (χ1v) is 7.25. The molecule has 2 atom stereocenters. The molecule has 21 heavy (non-hydrogen) atoms. The maximum atomic E-state index is 12.0. The zero-order valence-corrected chi connectivity index (χ0v) is 13.2. The van der Waals surface area contributed by atoms with Crippen molar-refractivity contribution in [3.8, 4) is 0 Å². The van der Waals surface area contributed by atoms with E-state index in [0.29, 0.717) is 13.0 Å². The predicted octanol–water partition coefficient (Wildman–Crippen LogP) is 3.06. The minimum Gasteiger partial charge on any atom is -0.465 e. The van der Waals surface area contributed by atoms with Crippen molar-refractivity contribution in [1.29, 1.82) is 0 Å². The van der Waals surface area contributed by atoms with E-state index >= 15 is 0 Å². The van der Waals surface area contributed by atoms with Gasteiger partial charge >= 0.3 is 12.1 Å². The van der Waals surface area contributed by atoms with Crippen molar-refractivity contribution >= 4 is 5.97 Å². The summed E-state index contributed by atoms with van der Waals surface area (Å²) in [4.78, 5) is 12.0. The maximum absolute atomic E-state index is 12.0. The van der Waals surface area contributed by atoms with Crippen LogP contribution >= 0.6 is 0 Å². The molecule has 0 rings (SSSR count). The minimum atomic E-state index is -4.16. The number of alkyl halides is 3. The molecular weight excluding hydrogens is 287 g/mol. The van der Waals surface area contributed by atoms with E-state index in [1.807, 2.05) is 6.92 Å². The first-order chi connectivity index (χ1) is 9.64. The second-order valence-electron chi connectivity index (χ2n) is 5.19. The van der Waals surface area contributed by atoms with E-state index in [-0.39, 0.29) is 31.7 Å². The van der Waals surface area contributed by atoms with Crippen molar-refractivity contribution in [3.05, 3.63) is 0 Å². The zero-order valence-electron chi connectivity index (χ0n) is 13.2. The fourth-order valence-corrected chi connectivity index (χ4v) is 2.10. The third kappa shape index (κ3) is 8.93. The van der Waals surface area contributed by atoms with Gasteiger partial charge in [0, 0.05) is 19.4 Å². The molecule has 0 aromatic rings. The monoisotopic (exact) mass is 313 g/mol. The summed E-state index contributed by atoms with van der Waals surface area (Å²) in [6.45, 7) is 7.92. The highest BCUT2D eigenvalue weighted by Gasteiger charge is 2.35. The highest BCUT2D eigenvalue weighted by atomic mass is 19.4. The van der Waals surface area contributed by atoms with E-state index in [2.05, 4.69) is 5.32 Å². The van der Waals surface area contributed by atoms with Crippen LogP contribution in [0, 0.1) is 0 Å². The first kappa shape index (κ1) is 20.2. The molecule has 0 aliphatic rings. The molecule has 0 aliphatic heterocycles. The Morgan fingerprint density at radius 2 is 1.90 bits per heavy atom. The van der Waals surface area contributed by atoms with Crippen LogP contribution in [0.5, 0.6) is 0 Å². The number of halogens is 3. The molecule has 126 valence electrons. The summed E-state index contributed by atoms with van der Waals surface area (Å²) in [7, 11) is 0. The van der Waals surface area contributed by atoms with Crippen molar-refractivity contribution < 1.29 is 27.4 Å². The Bertz CT molecular complexity index is 310. The van der Waals surface area contributed by atoms with E-state index < -0.39 is 18.1 Å². The van der Waals surface area contributed by atoms with Crippen molar-refractivity contribution in [1.82, 2.24) is 5.32 Å². The molecular formula is C14H26F3NO3. The normalized spacial score (nSPS) is 16.3. The van der Waals surface area contributed by atoms with E-state index in [1.54, 1.807) is 20.8 Å². The molecule has 0 amide bonds. The summed E-state index contributed by atoms with van der Waals surface area (Å²) in [6, 6.07) is 0. The molecule has 0 aromatic carbocycles. The average Bonchev–Trinajstić information content (AvgIpc) is 2.34. The first-order valence-electron chi connectivity index (χ1n) is 7.25. The van der Waals surface area contributed by atoms with Gasteiger partial charge in [-0.3, -0.25) is 4.79 Å². The highest BCUT2D eigenvalue weighted by Crippen LogP contribution is 2.22. The smallest absolute Gasteiger partial charge is 0.389 e. The molecule has 0 spiro atoms. The maximum Gasteiger partial charge on any atom is 0.389 e. The Balaban J connectivity index is 4.28. The van der Waals surface area contributed by atoms with Crippen LogP contribution in [0.1, 0.15) is 47.0 Å². The molecule has 7 heteroatoms.